The van der Waals surface area contributed by atoms with Crippen LogP contribution in [0.4, 0.5) is 11.4 Å². The first-order valence-electron chi connectivity index (χ1n) is 6.32. The molecule has 0 saturated carbocycles. The summed E-state index contributed by atoms with van der Waals surface area (Å²) in [5.41, 5.74) is 9.34. The minimum Gasteiger partial charge on any atom is -0.399 e. The Balaban J connectivity index is 2.25. The summed E-state index contributed by atoms with van der Waals surface area (Å²) in [6.07, 6.45) is 0. The van der Waals surface area contributed by atoms with Gasteiger partial charge in [-0.2, -0.15) is 0 Å². The van der Waals surface area contributed by atoms with E-state index in [0.29, 0.717) is 12.1 Å². The van der Waals surface area contributed by atoms with Crippen LogP contribution in [-0.4, -0.2) is 37.1 Å². The van der Waals surface area contributed by atoms with Gasteiger partial charge in [-0.15, -0.1) is 0 Å². The quantitative estimate of drug-likeness (QED) is 0.754. The van der Waals surface area contributed by atoms with E-state index >= 15 is 0 Å². The molecule has 1 aliphatic heterocycles. The van der Waals surface area contributed by atoms with Gasteiger partial charge in [0.1, 0.15) is 0 Å². The lowest BCUT2D eigenvalue weighted by atomic mass is 10.1. The van der Waals surface area contributed by atoms with Crippen molar-refractivity contribution in [2.75, 3.05) is 30.8 Å². The van der Waals surface area contributed by atoms with E-state index in [2.05, 4.69) is 49.8 Å². The van der Waals surface area contributed by atoms with E-state index in [0.717, 1.165) is 18.8 Å². The van der Waals surface area contributed by atoms with E-state index in [1.54, 1.807) is 0 Å². The molecular formula is C14H23N3. The van der Waals surface area contributed by atoms with Gasteiger partial charge in [-0.3, -0.25) is 4.90 Å². The molecule has 1 aromatic carbocycles. The van der Waals surface area contributed by atoms with Crippen LogP contribution in [0.3, 0.4) is 0 Å². The van der Waals surface area contributed by atoms with Gasteiger partial charge >= 0.3 is 0 Å². The molecule has 1 heterocycles. The average Bonchev–Trinajstić information content (AvgIpc) is 2.28. The van der Waals surface area contributed by atoms with Crippen molar-refractivity contribution in [1.82, 2.24) is 4.90 Å². The maximum Gasteiger partial charge on any atom is 0.0417 e. The first kappa shape index (κ1) is 12.2. The molecule has 0 radical (unpaired) electrons. The predicted octanol–water partition coefficient (Wildman–Crippen LogP) is 2.11. The second-order valence-electron chi connectivity index (χ2n) is 5.31. The molecule has 2 unspecified atom stereocenters. The summed E-state index contributed by atoms with van der Waals surface area (Å²) in [5.74, 6) is 0. The number of hydrogen-bond acceptors (Lipinski definition) is 3. The van der Waals surface area contributed by atoms with Gasteiger partial charge < -0.3 is 10.6 Å². The third-order valence-corrected chi connectivity index (χ3v) is 3.93. The van der Waals surface area contributed by atoms with Crippen molar-refractivity contribution in [1.29, 1.82) is 0 Å². The Kier molecular flexibility index (Phi) is 3.29. The number of hydrogen-bond donors (Lipinski definition) is 1. The van der Waals surface area contributed by atoms with Gasteiger partial charge in [0.15, 0.2) is 0 Å². The highest BCUT2D eigenvalue weighted by Crippen LogP contribution is 2.26. The molecule has 1 aromatic rings. The number of likely N-dealkylation sites (N-methyl/N-ethyl adjacent to an activating group) is 1. The molecule has 2 N–H and O–H groups in total. The van der Waals surface area contributed by atoms with Crippen molar-refractivity contribution in [2.45, 2.75) is 32.9 Å². The fraction of sp³-hybridized carbons (Fsp3) is 0.571. The SMILES string of the molecule is Cc1ccc(N)cc1N1CC(C)N(C)C(C)C1. The molecule has 17 heavy (non-hydrogen) atoms. The maximum atomic E-state index is 5.89. The molecule has 0 amide bonds. The van der Waals surface area contributed by atoms with Crippen molar-refractivity contribution in [2.24, 2.45) is 0 Å². The van der Waals surface area contributed by atoms with E-state index in [1.165, 1.54) is 11.3 Å². The molecule has 1 fully saturated rings. The first-order valence-corrected chi connectivity index (χ1v) is 6.32. The number of nitrogen functional groups attached to an aromatic ring is 1. The lowest BCUT2D eigenvalue weighted by molar-refractivity contribution is 0.170. The van der Waals surface area contributed by atoms with E-state index in [-0.39, 0.29) is 0 Å². The molecule has 2 atom stereocenters. The van der Waals surface area contributed by atoms with Crippen LogP contribution < -0.4 is 10.6 Å². The zero-order valence-electron chi connectivity index (χ0n) is 11.3. The molecular weight excluding hydrogens is 210 g/mol. The lowest BCUT2D eigenvalue weighted by Gasteiger charge is -2.44. The largest absolute Gasteiger partial charge is 0.399 e. The molecule has 1 aliphatic rings. The fourth-order valence-electron chi connectivity index (χ4n) is 2.57. The zero-order chi connectivity index (χ0) is 12.6. The summed E-state index contributed by atoms with van der Waals surface area (Å²) in [6.45, 7) is 8.87. The van der Waals surface area contributed by atoms with Crippen LogP contribution in [0.25, 0.3) is 0 Å². The van der Waals surface area contributed by atoms with Crippen LogP contribution >= 0.6 is 0 Å². The standard InChI is InChI=1S/C14H23N3/c1-10-5-6-13(15)7-14(10)17-8-11(2)16(4)12(3)9-17/h5-7,11-12H,8-9,15H2,1-4H3. The summed E-state index contributed by atoms with van der Waals surface area (Å²) < 4.78 is 0. The summed E-state index contributed by atoms with van der Waals surface area (Å²) >= 11 is 0. The van der Waals surface area contributed by atoms with E-state index in [9.17, 15) is 0 Å². The highest BCUT2D eigenvalue weighted by molar-refractivity contribution is 5.61. The topological polar surface area (TPSA) is 32.5 Å². The number of rotatable bonds is 1. The minimum absolute atomic E-state index is 0.583. The molecule has 0 spiro atoms. The fourth-order valence-corrected chi connectivity index (χ4v) is 2.57. The first-order chi connectivity index (χ1) is 7.99. The number of benzene rings is 1. The minimum atomic E-state index is 0.583. The summed E-state index contributed by atoms with van der Waals surface area (Å²) in [6, 6.07) is 7.35. The van der Waals surface area contributed by atoms with Gasteiger partial charge in [0.2, 0.25) is 0 Å². The summed E-state index contributed by atoms with van der Waals surface area (Å²) in [5, 5.41) is 0. The molecule has 0 aromatic heterocycles. The third-order valence-electron chi connectivity index (χ3n) is 3.93. The van der Waals surface area contributed by atoms with Gasteiger partial charge in [0.25, 0.3) is 0 Å². The number of piperazine rings is 1. The number of aryl methyl sites for hydroxylation is 1. The normalized spacial score (nSPS) is 26.2. The maximum absolute atomic E-state index is 5.89. The molecule has 0 aliphatic carbocycles. The molecule has 3 heteroatoms. The van der Waals surface area contributed by atoms with E-state index < -0.39 is 0 Å². The third kappa shape index (κ3) is 2.39. The van der Waals surface area contributed by atoms with Crippen LogP contribution in [0.15, 0.2) is 18.2 Å². The average molecular weight is 233 g/mol. The van der Waals surface area contributed by atoms with Gasteiger partial charge in [-0.05, 0) is 45.5 Å². The Bertz CT molecular complexity index is 390. The predicted molar refractivity (Wildman–Crippen MR) is 74.5 cm³/mol. The highest BCUT2D eigenvalue weighted by Gasteiger charge is 2.27. The molecule has 94 valence electrons. The van der Waals surface area contributed by atoms with E-state index in [4.69, 9.17) is 5.73 Å². The Morgan fingerprint density at radius 2 is 1.76 bits per heavy atom. The second kappa shape index (κ2) is 4.57. The van der Waals surface area contributed by atoms with Crippen molar-refractivity contribution in [3.05, 3.63) is 23.8 Å². The zero-order valence-corrected chi connectivity index (χ0v) is 11.3. The van der Waals surface area contributed by atoms with E-state index in [1.807, 2.05) is 6.07 Å². The smallest absolute Gasteiger partial charge is 0.0417 e. The van der Waals surface area contributed by atoms with Crippen molar-refractivity contribution in [3.8, 4) is 0 Å². The number of nitrogens with zero attached hydrogens (tertiary/aromatic N) is 2. The van der Waals surface area contributed by atoms with Gasteiger partial charge in [-0.25, -0.2) is 0 Å². The van der Waals surface area contributed by atoms with Gasteiger partial charge in [-0.1, -0.05) is 6.07 Å². The molecule has 2 rings (SSSR count). The highest BCUT2D eigenvalue weighted by atomic mass is 15.3. The molecule has 0 bridgehead atoms. The Hall–Kier alpha value is -1.22. The molecule has 1 saturated heterocycles. The van der Waals surface area contributed by atoms with Crippen LogP contribution in [-0.2, 0) is 0 Å². The monoisotopic (exact) mass is 233 g/mol. The van der Waals surface area contributed by atoms with Gasteiger partial charge in [0.05, 0.1) is 0 Å². The van der Waals surface area contributed by atoms with Gasteiger partial charge in [0, 0.05) is 36.5 Å². The second-order valence-corrected chi connectivity index (χ2v) is 5.31. The van der Waals surface area contributed by atoms with Crippen LogP contribution in [0.1, 0.15) is 19.4 Å². The Morgan fingerprint density at radius 1 is 1.18 bits per heavy atom. The number of nitrogens with two attached hydrogens (primary N) is 1. The van der Waals surface area contributed by atoms with Crippen LogP contribution in [0.5, 0.6) is 0 Å². The van der Waals surface area contributed by atoms with Crippen molar-refractivity contribution in [3.63, 3.8) is 0 Å². The van der Waals surface area contributed by atoms with Crippen LogP contribution in [0, 0.1) is 6.92 Å². The lowest BCUT2D eigenvalue weighted by Crippen LogP contribution is -2.55. The Labute approximate surface area is 104 Å². The summed E-state index contributed by atoms with van der Waals surface area (Å²) in [7, 11) is 2.21. The Morgan fingerprint density at radius 3 is 2.35 bits per heavy atom. The van der Waals surface area contributed by atoms with Crippen LogP contribution in [0.2, 0.25) is 0 Å². The molecule has 3 nitrogen and oxygen atoms in total. The van der Waals surface area contributed by atoms with Crippen molar-refractivity contribution >= 4 is 11.4 Å². The number of anilines is 2. The summed E-state index contributed by atoms with van der Waals surface area (Å²) in [4.78, 5) is 4.90. The van der Waals surface area contributed by atoms with Crippen molar-refractivity contribution < 1.29 is 0 Å².